The summed E-state index contributed by atoms with van der Waals surface area (Å²) in [4.78, 5) is 14.4. The highest BCUT2D eigenvalue weighted by molar-refractivity contribution is 5.83. The van der Waals surface area contributed by atoms with Gasteiger partial charge < -0.3 is 10.0 Å². The number of amides is 1. The fourth-order valence-electron chi connectivity index (χ4n) is 1.82. The molecule has 6 heteroatoms. The smallest absolute Gasteiger partial charge is 0.251 e. The fraction of sp³-hybridized carbons (Fsp3) is 0.889. The molecule has 1 atom stereocenters. The van der Waals surface area contributed by atoms with E-state index in [2.05, 4.69) is 0 Å². The Hall–Kier alpha value is -0.750. The molecule has 1 heterocycles. The van der Waals surface area contributed by atoms with Crippen LogP contribution in [0.15, 0.2) is 0 Å². The molecule has 0 aliphatic carbocycles. The summed E-state index contributed by atoms with van der Waals surface area (Å²) in [7, 11) is 1.65. The quantitative estimate of drug-likeness (QED) is 0.699. The van der Waals surface area contributed by atoms with Gasteiger partial charge in [0.2, 0.25) is 5.91 Å². The standard InChI is InChI=1S/C9H16F2N2O2/c1-12-3-2-7(9(12)15)13(4-5-14)6-8(10)11/h7-8,14H,2-6H2,1H3. The largest absolute Gasteiger partial charge is 0.395 e. The van der Waals surface area contributed by atoms with Crippen LogP contribution in [-0.2, 0) is 4.79 Å². The van der Waals surface area contributed by atoms with Crippen LogP contribution in [0, 0.1) is 0 Å². The van der Waals surface area contributed by atoms with E-state index in [0.717, 1.165) is 0 Å². The zero-order chi connectivity index (χ0) is 11.4. The highest BCUT2D eigenvalue weighted by atomic mass is 19.3. The van der Waals surface area contributed by atoms with Crippen molar-refractivity contribution in [3.63, 3.8) is 0 Å². The number of likely N-dealkylation sites (N-methyl/N-ethyl adjacent to an activating group) is 1. The maximum atomic E-state index is 12.2. The summed E-state index contributed by atoms with van der Waals surface area (Å²) in [5.74, 6) is -0.135. The first-order valence-corrected chi connectivity index (χ1v) is 4.94. The monoisotopic (exact) mass is 222 g/mol. The van der Waals surface area contributed by atoms with Gasteiger partial charge in [0, 0.05) is 20.1 Å². The van der Waals surface area contributed by atoms with Gasteiger partial charge in [-0.15, -0.1) is 0 Å². The summed E-state index contributed by atoms with van der Waals surface area (Å²) in [5.41, 5.74) is 0. The predicted molar refractivity (Wildman–Crippen MR) is 50.7 cm³/mol. The van der Waals surface area contributed by atoms with Crippen LogP contribution in [-0.4, -0.2) is 66.6 Å². The van der Waals surface area contributed by atoms with Gasteiger partial charge in [-0.25, -0.2) is 8.78 Å². The number of alkyl halides is 2. The molecule has 0 aromatic carbocycles. The third-order valence-electron chi connectivity index (χ3n) is 2.60. The predicted octanol–water partition coefficient (Wildman–Crippen LogP) is -0.224. The Bertz CT molecular complexity index is 226. The zero-order valence-corrected chi connectivity index (χ0v) is 8.70. The SMILES string of the molecule is CN1CCC(N(CCO)CC(F)F)C1=O. The van der Waals surface area contributed by atoms with Crippen LogP contribution in [0.25, 0.3) is 0 Å². The molecule has 1 unspecified atom stereocenters. The topological polar surface area (TPSA) is 43.8 Å². The third kappa shape index (κ3) is 3.10. The molecule has 0 aromatic heterocycles. The maximum absolute atomic E-state index is 12.2. The molecule has 1 fully saturated rings. The van der Waals surface area contributed by atoms with Crippen LogP contribution < -0.4 is 0 Å². The Morgan fingerprint density at radius 3 is 2.73 bits per heavy atom. The van der Waals surface area contributed by atoms with Crippen molar-refractivity contribution >= 4 is 5.91 Å². The van der Waals surface area contributed by atoms with E-state index in [4.69, 9.17) is 5.11 Å². The van der Waals surface area contributed by atoms with Crippen molar-refractivity contribution in [1.82, 2.24) is 9.80 Å². The number of carbonyl (C=O) groups is 1. The lowest BCUT2D eigenvalue weighted by atomic mass is 10.2. The minimum absolute atomic E-state index is 0.120. The first kappa shape index (κ1) is 12.3. The van der Waals surface area contributed by atoms with Gasteiger partial charge in [-0.1, -0.05) is 0 Å². The second-order valence-corrected chi connectivity index (χ2v) is 3.67. The molecule has 0 saturated carbocycles. The number of carbonyl (C=O) groups excluding carboxylic acids is 1. The van der Waals surface area contributed by atoms with Gasteiger partial charge in [0.1, 0.15) is 0 Å². The van der Waals surface area contributed by atoms with E-state index in [1.807, 2.05) is 0 Å². The maximum Gasteiger partial charge on any atom is 0.251 e. The summed E-state index contributed by atoms with van der Waals surface area (Å²) in [5, 5.41) is 8.75. The number of aliphatic hydroxyl groups excluding tert-OH is 1. The van der Waals surface area contributed by atoms with Crippen LogP contribution >= 0.6 is 0 Å². The first-order chi connectivity index (χ1) is 7.06. The van der Waals surface area contributed by atoms with Gasteiger partial charge in [0.25, 0.3) is 6.43 Å². The number of halogens is 2. The summed E-state index contributed by atoms with van der Waals surface area (Å²) in [6.45, 7) is 0.0499. The molecular weight excluding hydrogens is 206 g/mol. The van der Waals surface area contributed by atoms with Crippen LogP contribution in [0.2, 0.25) is 0 Å². The Morgan fingerprint density at radius 2 is 2.33 bits per heavy atom. The summed E-state index contributed by atoms with van der Waals surface area (Å²) in [6, 6.07) is -0.490. The van der Waals surface area contributed by atoms with Crippen LogP contribution in [0.4, 0.5) is 8.78 Å². The molecule has 88 valence electrons. The molecular formula is C9H16F2N2O2. The lowest BCUT2D eigenvalue weighted by Crippen LogP contribution is -2.44. The lowest BCUT2D eigenvalue weighted by Gasteiger charge is -2.26. The summed E-state index contributed by atoms with van der Waals surface area (Å²) >= 11 is 0. The summed E-state index contributed by atoms with van der Waals surface area (Å²) in [6.07, 6.45) is -1.92. The molecule has 4 nitrogen and oxygen atoms in total. The average molecular weight is 222 g/mol. The molecule has 1 amide bonds. The van der Waals surface area contributed by atoms with Crippen molar-refractivity contribution in [2.24, 2.45) is 0 Å². The van der Waals surface area contributed by atoms with E-state index in [9.17, 15) is 13.6 Å². The van der Waals surface area contributed by atoms with E-state index in [1.165, 1.54) is 9.80 Å². The molecule has 1 saturated heterocycles. The Morgan fingerprint density at radius 1 is 1.67 bits per heavy atom. The lowest BCUT2D eigenvalue weighted by molar-refractivity contribution is -0.131. The van der Waals surface area contributed by atoms with Crippen molar-refractivity contribution in [2.45, 2.75) is 18.9 Å². The highest BCUT2D eigenvalue weighted by Crippen LogP contribution is 2.16. The Balaban J connectivity index is 2.59. The number of hydrogen-bond acceptors (Lipinski definition) is 3. The number of hydrogen-bond donors (Lipinski definition) is 1. The minimum atomic E-state index is -2.48. The first-order valence-electron chi connectivity index (χ1n) is 4.94. The third-order valence-corrected chi connectivity index (χ3v) is 2.60. The van der Waals surface area contributed by atoms with Crippen LogP contribution in [0.3, 0.4) is 0 Å². The van der Waals surface area contributed by atoms with E-state index >= 15 is 0 Å². The number of rotatable bonds is 5. The molecule has 0 radical (unpaired) electrons. The van der Waals surface area contributed by atoms with Crippen LogP contribution in [0.5, 0.6) is 0 Å². The Kier molecular flexibility index (Phi) is 4.41. The van der Waals surface area contributed by atoms with E-state index in [-0.39, 0.29) is 19.1 Å². The molecule has 0 bridgehead atoms. The molecule has 0 spiro atoms. The highest BCUT2D eigenvalue weighted by Gasteiger charge is 2.34. The van der Waals surface area contributed by atoms with Crippen molar-refractivity contribution in [1.29, 1.82) is 0 Å². The van der Waals surface area contributed by atoms with E-state index < -0.39 is 19.0 Å². The Labute approximate surface area is 87.5 Å². The fourth-order valence-corrected chi connectivity index (χ4v) is 1.82. The van der Waals surface area contributed by atoms with Crippen LogP contribution in [0.1, 0.15) is 6.42 Å². The molecule has 0 aromatic rings. The van der Waals surface area contributed by atoms with Crippen molar-refractivity contribution < 1.29 is 18.7 Å². The van der Waals surface area contributed by atoms with E-state index in [1.54, 1.807) is 7.05 Å². The average Bonchev–Trinajstić information content (AvgIpc) is 2.46. The second kappa shape index (κ2) is 5.37. The van der Waals surface area contributed by atoms with Gasteiger partial charge in [0.15, 0.2) is 0 Å². The molecule has 1 N–H and O–H groups in total. The van der Waals surface area contributed by atoms with E-state index in [0.29, 0.717) is 13.0 Å². The molecule has 1 aliphatic heterocycles. The van der Waals surface area contributed by atoms with Crippen molar-refractivity contribution in [3.05, 3.63) is 0 Å². The van der Waals surface area contributed by atoms with Gasteiger partial charge in [-0.05, 0) is 6.42 Å². The van der Waals surface area contributed by atoms with Gasteiger partial charge in [-0.2, -0.15) is 0 Å². The normalized spacial score (nSPS) is 22.1. The van der Waals surface area contributed by atoms with Gasteiger partial charge in [-0.3, -0.25) is 9.69 Å². The number of nitrogens with zero attached hydrogens (tertiary/aromatic N) is 2. The second-order valence-electron chi connectivity index (χ2n) is 3.67. The van der Waals surface area contributed by atoms with Crippen molar-refractivity contribution in [3.8, 4) is 0 Å². The summed E-state index contributed by atoms with van der Waals surface area (Å²) < 4.78 is 24.5. The van der Waals surface area contributed by atoms with Gasteiger partial charge >= 0.3 is 0 Å². The van der Waals surface area contributed by atoms with Gasteiger partial charge in [0.05, 0.1) is 19.2 Å². The van der Waals surface area contributed by atoms with Crippen molar-refractivity contribution in [2.75, 3.05) is 33.3 Å². The zero-order valence-electron chi connectivity index (χ0n) is 8.70. The minimum Gasteiger partial charge on any atom is -0.395 e. The number of likely N-dealkylation sites (tertiary alicyclic amines) is 1. The number of aliphatic hydroxyl groups is 1. The molecule has 1 aliphatic rings. The molecule has 15 heavy (non-hydrogen) atoms. The molecule has 1 rings (SSSR count).